The SMILES string of the molecule is O=C(NCc1cccnc1-c1ccncc1)c1ccncc1. The quantitative estimate of drug-likeness (QED) is 0.801. The van der Waals surface area contributed by atoms with Crippen LogP contribution in [0.3, 0.4) is 0 Å². The minimum atomic E-state index is -0.132. The summed E-state index contributed by atoms with van der Waals surface area (Å²) in [6.07, 6.45) is 8.39. The van der Waals surface area contributed by atoms with Gasteiger partial charge >= 0.3 is 0 Å². The molecule has 0 aliphatic rings. The van der Waals surface area contributed by atoms with Crippen molar-refractivity contribution in [1.82, 2.24) is 20.3 Å². The molecule has 0 unspecified atom stereocenters. The van der Waals surface area contributed by atoms with Crippen LogP contribution in [-0.2, 0) is 6.54 Å². The largest absolute Gasteiger partial charge is 0.348 e. The lowest BCUT2D eigenvalue weighted by atomic mass is 10.1. The Hall–Kier alpha value is -3.08. The number of amides is 1. The van der Waals surface area contributed by atoms with E-state index in [1.54, 1.807) is 43.1 Å². The van der Waals surface area contributed by atoms with Gasteiger partial charge in [-0.15, -0.1) is 0 Å². The van der Waals surface area contributed by atoms with Crippen LogP contribution < -0.4 is 5.32 Å². The molecule has 3 aromatic rings. The molecule has 5 nitrogen and oxygen atoms in total. The normalized spacial score (nSPS) is 10.2. The molecule has 108 valence electrons. The third-order valence-electron chi connectivity index (χ3n) is 3.23. The molecule has 5 heteroatoms. The number of nitrogens with zero attached hydrogens (tertiary/aromatic N) is 3. The zero-order chi connectivity index (χ0) is 15.2. The lowest BCUT2D eigenvalue weighted by Crippen LogP contribution is -2.23. The number of hydrogen-bond donors (Lipinski definition) is 1. The van der Waals surface area contributed by atoms with Gasteiger partial charge in [0.2, 0.25) is 0 Å². The van der Waals surface area contributed by atoms with E-state index in [4.69, 9.17) is 0 Å². The van der Waals surface area contributed by atoms with E-state index in [9.17, 15) is 4.79 Å². The highest BCUT2D eigenvalue weighted by atomic mass is 16.1. The topological polar surface area (TPSA) is 67.8 Å². The molecule has 3 heterocycles. The molecule has 0 bridgehead atoms. The molecule has 0 saturated heterocycles. The van der Waals surface area contributed by atoms with Crippen molar-refractivity contribution >= 4 is 5.91 Å². The second-order valence-electron chi connectivity index (χ2n) is 4.67. The summed E-state index contributed by atoms with van der Waals surface area (Å²) in [5, 5.41) is 2.90. The van der Waals surface area contributed by atoms with Crippen LogP contribution in [0.1, 0.15) is 15.9 Å². The standard InChI is InChI=1S/C17H14N4O/c22-17(14-5-10-19-11-6-14)21-12-15-2-1-7-20-16(15)13-3-8-18-9-4-13/h1-11H,12H2,(H,21,22). The number of carbonyl (C=O) groups is 1. The van der Waals surface area contributed by atoms with E-state index in [2.05, 4.69) is 20.3 Å². The van der Waals surface area contributed by atoms with Gasteiger partial charge in [0.05, 0.1) is 5.69 Å². The molecule has 3 aromatic heterocycles. The van der Waals surface area contributed by atoms with Crippen molar-refractivity contribution in [3.05, 3.63) is 78.5 Å². The number of aromatic nitrogens is 3. The minimum absolute atomic E-state index is 0.132. The summed E-state index contributed by atoms with van der Waals surface area (Å²) in [6, 6.07) is 11.0. The smallest absolute Gasteiger partial charge is 0.251 e. The van der Waals surface area contributed by atoms with E-state index in [1.165, 1.54) is 0 Å². The lowest BCUT2D eigenvalue weighted by molar-refractivity contribution is 0.0951. The summed E-state index contributed by atoms with van der Waals surface area (Å²) < 4.78 is 0. The molecule has 0 saturated carbocycles. The Morgan fingerprint density at radius 2 is 1.59 bits per heavy atom. The van der Waals surface area contributed by atoms with Crippen LogP contribution in [0, 0.1) is 0 Å². The molecule has 0 atom stereocenters. The van der Waals surface area contributed by atoms with Gasteiger partial charge in [-0.2, -0.15) is 0 Å². The van der Waals surface area contributed by atoms with Crippen molar-refractivity contribution in [2.24, 2.45) is 0 Å². The zero-order valence-electron chi connectivity index (χ0n) is 11.8. The molecule has 1 amide bonds. The molecule has 22 heavy (non-hydrogen) atoms. The molecule has 0 fully saturated rings. The molecule has 1 N–H and O–H groups in total. The van der Waals surface area contributed by atoms with Crippen molar-refractivity contribution in [2.45, 2.75) is 6.54 Å². The first-order chi connectivity index (χ1) is 10.8. The van der Waals surface area contributed by atoms with Gasteiger partial charge < -0.3 is 5.32 Å². The first-order valence-electron chi connectivity index (χ1n) is 6.87. The molecule has 0 radical (unpaired) electrons. The Kier molecular flexibility index (Phi) is 4.15. The highest BCUT2D eigenvalue weighted by Gasteiger charge is 2.09. The fourth-order valence-corrected chi connectivity index (χ4v) is 2.13. The number of pyridine rings is 3. The van der Waals surface area contributed by atoms with Crippen molar-refractivity contribution in [2.75, 3.05) is 0 Å². The van der Waals surface area contributed by atoms with Crippen LogP contribution in [0.25, 0.3) is 11.3 Å². The van der Waals surface area contributed by atoms with Crippen LogP contribution in [-0.4, -0.2) is 20.9 Å². The number of rotatable bonds is 4. The van der Waals surface area contributed by atoms with Crippen LogP contribution in [0.15, 0.2) is 67.4 Å². The maximum atomic E-state index is 12.1. The third-order valence-corrected chi connectivity index (χ3v) is 3.23. The summed E-state index contributed by atoms with van der Waals surface area (Å²) in [5.74, 6) is -0.132. The monoisotopic (exact) mass is 290 g/mol. The summed E-state index contributed by atoms with van der Waals surface area (Å²) in [7, 11) is 0. The summed E-state index contributed by atoms with van der Waals surface area (Å²) >= 11 is 0. The highest BCUT2D eigenvalue weighted by molar-refractivity contribution is 5.94. The van der Waals surface area contributed by atoms with Crippen LogP contribution >= 0.6 is 0 Å². The van der Waals surface area contributed by atoms with E-state index in [0.29, 0.717) is 12.1 Å². The van der Waals surface area contributed by atoms with E-state index < -0.39 is 0 Å². The van der Waals surface area contributed by atoms with E-state index >= 15 is 0 Å². The van der Waals surface area contributed by atoms with Gasteiger partial charge in [-0.05, 0) is 35.9 Å². The maximum absolute atomic E-state index is 12.1. The van der Waals surface area contributed by atoms with Crippen molar-refractivity contribution < 1.29 is 4.79 Å². The van der Waals surface area contributed by atoms with Crippen molar-refractivity contribution in [1.29, 1.82) is 0 Å². The summed E-state index contributed by atoms with van der Waals surface area (Å²) in [4.78, 5) is 24.4. The highest BCUT2D eigenvalue weighted by Crippen LogP contribution is 2.20. The van der Waals surface area contributed by atoms with Gasteiger partial charge in [-0.25, -0.2) is 0 Å². The average Bonchev–Trinajstić information content (AvgIpc) is 2.61. The Labute approximate surface area is 128 Å². The second-order valence-corrected chi connectivity index (χ2v) is 4.67. The van der Waals surface area contributed by atoms with Gasteiger partial charge in [-0.3, -0.25) is 19.7 Å². The number of hydrogen-bond acceptors (Lipinski definition) is 4. The lowest BCUT2D eigenvalue weighted by Gasteiger charge is -2.10. The molecule has 0 aliphatic heterocycles. The van der Waals surface area contributed by atoms with Gasteiger partial charge in [0.25, 0.3) is 5.91 Å². The predicted molar refractivity (Wildman–Crippen MR) is 82.9 cm³/mol. The third kappa shape index (κ3) is 3.15. The Morgan fingerprint density at radius 1 is 0.909 bits per heavy atom. The van der Waals surface area contributed by atoms with E-state index in [0.717, 1.165) is 16.8 Å². The molecular weight excluding hydrogens is 276 g/mol. The fraction of sp³-hybridized carbons (Fsp3) is 0.0588. The molecule has 0 aromatic carbocycles. The zero-order valence-corrected chi connectivity index (χ0v) is 11.8. The molecule has 0 spiro atoms. The van der Waals surface area contributed by atoms with Crippen molar-refractivity contribution in [3.63, 3.8) is 0 Å². The average molecular weight is 290 g/mol. The van der Waals surface area contributed by atoms with Gasteiger partial charge in [0, 0.05) is 48.7 Å². The van der Waals surface area contributed by atoms with Gasteiger partial charge in [-0.1, -0.05) is 6.07 Å². The fourth-order valence-electron chi connectivity index (χ4n) is 2.13. The second kappa shape index (κ2) is 6.58. The Bertz CT molecular complexity index is 760. The van der Waals surface area contributed by atoms with Crippen molar-refractivity contribution in [3.8, 4) is 11.3 Å². The Balaban J connectivity index is 1.78. The number of carbonyl (C=O) groups excluding carboxylic acids is 1. The first kappa shape index (κ1) is 13.9. The predicted octanol–water partition coefficient (Wildman–Crippen LogP) is 2.47. The van der Waals surface area contributed by atoms with Crippen LogP contribution in [0.4, 0.5) is 0 Å². The molecule has 0 aliphatic carbocycles. The van der Waals surface area contributed by atoms with Gasteiger partial charge in [0.15, 0.2) is 0 Å². The molecular formula is C17H14N4O. The number of nitrogens with one attached hydrogen (secondary N) is 1. The molecule has 3 rings (SSSR count). The van der Waals surface area contributed by atoms with E-state index in [1.807, 2.05) is 24.3 Å². The first-order valence-corrected chi connectivity index (χ1v) is 6.87. The van der Waals surface area contributed by atoms with Crippen LogP contribution in [0.5, 0.6) is 0 Å². The summed E-state index contributed by atoms with van der Waals surface area (Å²) in [6.45, 7) is 0.409. The minimum Gasteiger partial charge on any atom is -0.348 e. The summed E-state index contributed by atoms with van der Waals surface area (Å²) in [5.41, 5.74) is 3.36. The Morgan fingerprint density at radius 3 is 2.32 bits per heavy atom. The van der Waals surface area contributed by atoms with E-state index in [-0.39, 0.29) is 5.91 Å². The maximum Gasteiger partial charge on any atom is 0.251 e. The van der Waals surface area contributed by atoms with Crippen LogP contribution in [0.2, 0.25) is 0 Å². The van der Waals surface area contributed by atoms with Gasteiger partial charge in [0.1, 0.15) is 0 Å².